The first-order chi connectivity index (χ1) is 13.2. The summed E-state index contributed by atoms with van der Waals surface area (Å²) in [5, 5.41) is 3.26. The molecule has 0 aliphatic heterocycles. The van der Waals surface area contributed by atoms with Crippen molar-refractivity contribution in [1.82, 2.24) is 10.2 Å². The highest BCUT2D eigenvalue weighted by Crippen LogP contribution is 2.29. The van der Waals surface area contributed by atoms with Crippen LogP contribution in [0.4, 0.5) is 13.2 Å². The van der Waals surface area contributed by atoms with Gasteiger partial charge in [-0.15, -0.1) is 0 Å². The molecule has 2 aromatic rings. The first kappa shape index (κ1) is 21.8. The van der Waals surface area contributed by atoms with Gasteiger partial charge in [-0.05, 0) is 48.4 Å². The van der Waals surface area contributed by atoms with Crippen LogP contribution in [0.2, 0.25) is 5.02 Å². The van der Waals surface area contributed by atoms with Crippen molar-refractivity contribution < 1.29 is 22.8 Å². The van der Waals surface area contributed by atoms with E-state index >= 15 is 0 Å². The van der Waals surface area contributed by atoms with Crippen LogP contribution in [-0.4, -0.2) is 30.3 Å². The van der Waals surface area contributed by atoms with E-state index in [4.69, 9.17) is 11.6 Å². The van der Waals surface area contributed by atoms with Gasteiger partial charge in [0.05, 0.1) is 5.56 Å². The van der Waals surface area contributed by atoms with E-state index in [0.29, 0.717) is 29.1 Å². The standard InChI is InChI=1S/C20H20ClF3N2O2/c1-26(13-14-4-8-16(9-5-14)20(22,23)24)18(27)3-2-12-25-19(28)15-6-10-17(21)11-7-15/h4-11H,2-3,12-13H2,1H3,(H,25,28). The second kappa shape index (κ2) is 9.59. The number of halogens is 4. The lowest BCUT2D eigenvalue weighted by Crippen LogP contribution is -2.28. The zero-order valence-electron chi connectivity index (χ0n) is 15.2. The minimum atomic E-state index is -4.38. The molecular weight excluding hydrogens is 393 g/mol. The first-order valence-electron chi connectivity index (χ1n) is 8.60. The van der Waals surface area contributed by atoms with Crippen molar-refractivity contribution in [3.63, 3.8) is 0 Å². The van der Waals surface area contributed by atoms with Gasteiger partial charge >= 0.3 is 6.18 Å². The molecule has 2 amide bonds. The second-order valence-corrected chi connectivity index (χ2v) is 6.75. The van der Waals surface area contributed by atoms with Crippen molar-refractivity contribution in [2.45, 2.75) is 25.6 Å². The predicted octanol–water partition coefficient (Wildman–Crippen LogP) is 4.53. The highest BCUT2D eigenvalue weighted by Gasteiger charge is 2.29. The second-order valence-electron chi connectivity index (χ2n) is 6.31. The van der Waals surface area contributed by atoms with E-state index in [-0.39, 0.29) is 24.8 Å². The van der Waals surface area contributed by atoms with Gasteiger partial charge in [-0.1, -0.05) is 23.7 Å². The fourth-order valence-corrected chi connectivity index (χ4v) is 2.62. The van der Waals surface area contributed by atoms with E-state index in [0.717, 1.165) is 12.1 Å². The summed E-state index contributed by atoms with van der Waals surface area (Å²) in [7, 11) is 1.59. The van der Waals surface area contributed by atoms with E-state index in [9.17, 15) is 22.8 Å². The molecule has 0 bridgehead atoms. The number of carbonyl (C=O) groups excluding carboxylic acids is 2. The molecule has 0 radical (unpaired) electrons. The molecular formula is C20H20ClF3N2O2. The lowest BCUT2D eigenvalue weighted by Gasteiger charge is -2.18. The molecule has 0 saturated heterocycles. The summed E-state index contributed by atoms with van der Waals surface area (Å²) in [6.07, 6.45) is -3.70. The molecule has 0 fully saturated rings. The van der Waals surface area contributed by atoms with Crippen LogP contribution in [0.5, 0.6) is 0 Å². The molecule has 0 heterocycles. The Bertz CT molecular complexity index is 806. The van der Waals surface area contributed by atoms with Crippen LogP contribution in [0.3, 0.4) is 0 Å². The maximum absolute atomic E-state index is 12.6. The molecule has 0 unspecified atom stereocenters. The third-order valence-corrected chi connectivity index (χ3v) is 4.34. The Kier molecular flexibility index (Phi) is 7.45. The number of hydrogen-bond acceptors (Lipinski definition) is 2. The van der Waals surface area contributed by atoms with Crippen molar-refractivity contribution in [2.24, 2.45) is 0 Å². The molecule has 8 heteroatoms. The molecule has 1 N–H and O–H groups in total. The average Bonchev–Trinajstić information content (AvgIpc) is 2.65. The Morgan fingerprint density at radius 2 is 1.64 bits per heavy atom. The van der Waals surface area contributed by atoms with E-state index < -0.39 is 11.7 Å². The Morgan fingerprint density at radius 1 is 1.04 bits per heavy atom. The van der Waals surface area contributed by atoms with Gasteiger partial charge in [-0.3, -0.25) is 9.59 Å². The summed E-state index contributed by atoms with van der Waals surface area (Å²) >= 11 is 5.77. The fraction of sp³-hybridized carbons (Fsp3) is 0.300. The lowest BCUT2D eigenvalue weighted by atomic mass is 10.1. The number of nitrogens with one attached hydrogen (secondary N) is 1. The SMILES string of the molecule is CN(Cc1ccc(C(F)(F)F)cc1)C(=O)CCCNC(=O)c1ccc(Cl)cc1. The van der Waals surface area contributed by atoms with Gasteiger partial charge in [-0.25, -0.2) is 0 Å². The smallest absolute Gasteiger partial charge is 0.352 e. The monoisotopic (exact) mass is 412 g/mol. The predicted molar refractivity (Wildman–Crippen MR) is 101 cm³/mol. The number of benzene rings is 2. The highest BCUT2D eigenvalue weighted by atomic mass is 35.5. The van der Waals surface area contributed by atoms with Gasteiger partial charge in [0.25, 0.3) is 5.91 Å². The normalized spacial score (nSPS) is 11.2. The van der Waals surface area contributed by atoms with E-state index in [1.165, 1.54) is 17.0 Å². The van der Waals surface area contributed by atoms with Crippen LogP contribution in [0.1, 0.15) is 34.3 Å². The van der Waals surface area contributed by atoms with Gasteiger partial charge in [0, 0.05) is 37.1 Å². The number of amides is 2. The number of rotatable bonds is 7. The number of carbonyl (C=O) groups is 2. The van der Waals surface area contributed by atoms with Crippen LogP contribution < -0.4 is 5.32 Å². The van der Waals surface area contributed by atoms with Gasteiger partial charge in [0.2, 0.25) is 5.91 Å². The van der Waals surface area contributed by atoms with Crippen molar-refractivity contribution in [1.29, 1.82) is 0 Å². The number of hydrogen-bond donors (Lipinski definition) is 1. The van der Waals surface area contributed by atoms with Crippen molar-refractivity contribution in [3.05, 3.63) is 70.2 Å². The third-order valence-electron chi connectivity index (χ3n) is 4.09. The van der Waals surface area contributed by atoms with Crippen LogP contribution in [0.15, 0.2) is 48.5 Å². The zero-order chi connectivity index (χ0) is 20.7. The minimum absolute atomic E-state index is 0.152. The van der Waals surface area contributed by atoms with Gasteiger partial charge in [0.1, 0.15) is 0 Å². The molecule has 0 aliphatic carbocycles. The summed E-state index contributed by atoms with van der Waals surface area (Å²) < 4.78 is 37.7. The quantitative estimate of drug-likeness (QED) is 0.679. The first-order valence-corrected chi connectivity index (χ1v) is 8.98. The Balaban J connectivity index is 1.73. The molecule has 0 saturated carbocycles. The third kappa shape index (κ3) is 6.56. The molecule has 2 aromatic carbocycles. The highest BCUT2D eigenvalue weighted by molar-refractivity contribution is 6.30. The van der Waals surface area contributed by atoms with E-state index in [1.54, 1.807) is 31.3 Å². The topological polar surface area (TPSA) is 49.4 Å². The molecule has 0 aliphatic rings. The summed E-state index contributed by atoms with van der Waals surface area (Å²) in [6, 6.07) is 11.2. The van der Waals surface area contributed by atoms with E-state index in [1.807, 2.05) is 0 Å². The Labute approximate surface area is 166 Å². The maximum Gasteiger partial charge on any atom is 0.416 e. The minimum Gasteiger partial charge on any atom is -0.352 e. The Hall–Kier alpha value is -2.54. The van der Waals surface area contributed by atoms with Gasteiger partial charge in [-0.2, -0.15) is 13.2 Å². The average molecular weight is 413 g/mol. The molecule has 28 heavy (non-hydrogen) atoms. The summed E-state index contributed by atoms with van der Waals surface area (Å²) in [5.41, 5.74) is 0.372. The molecule has 150 valence electrons. The van der Waals surface area contributed by atoms with Crippen LogP contribution in [0, 0.1) is 0 Å². The van der Waals surface area contributed by atoms with Gasteiger partial charge < -0.3 is 10.2 Å². The van der Waals surface area contributed by atoms with E-state index in [2.05, 4.69) is 5.32 Å². The molecule has 4 nitrogen and oxygen atoms in total. The molecule has 2 rings (SSSR count). The maximum atomic E-state index is 12.6. The number of alkyl halides is 3. The molecule has 0 spiro atoms. The van der Waals surface area contributed by atoms with Crippen molar-refractivity contribution >= 4 is 23.4 Å². The van der Waals surface area contributed by atoms with Crippen LogP contribution in [-0.2, 0) is 17.5 Å². The fourth-order valence-electron chi connectivity index (χ4n) is 2.50. The summed E-state index contributed by atoms with van der Waals surface area (Å²) in [4.78, 5) is 25.5. The number of nitrogens with zero attached hydrogens (tertiary/aromatic N) is 1. The van der Waals surface area contributed by atoms with Gasteiger partial charge in [0.15, 0.2) is 0 Å². The largest absolute Gasteiger partial charge is 0.416 e. The summed E-state index contributed by atoms with van der Waals surface area (Å²) in [5.74, 6) is -0.400. The van der Waals surface area contributed by atoms with Crippen molar-refractivity contribution in [2.75, 3.05) is 13.6 Å². The van der Waals surface area contributed by atoms with Crippen molar-refractivity contribution in [3.8, 4) is 0 Å². The molecule has 0 aromatic heterocycles. The zero-order valence-corrected chi connectivity index (χ0v) is 16.0. The Morgan fingerprint density at radius 3 is 2.21 bits per heavy atom. The van der Waals surface area contributed by atoms with Crippen LogP contribution in [0.25, 0.3) is 0 Å². The lowest BCUT2D eigenvalue weighted by molar-refractivity contribution is -0.137. The summed E-state index contributed by atoms with van der Waals surface area (Å²) in [6.45, 7) is 0.551. The molecule has 0 atom stereocenters. The van der Waals surface area contributed by atoms with Crippen LogP contribution >= 0.6 is 11.6 Å².